The molecule has 25 heavy (non-hydrogen) atoms. The monoisotopic (exact) mass is 362 g/mol. The molecule has 3 rings (SSSR count). The number of fused-ring (bicyclic) bond motifs is 1. The zero-order valence-electron chi connectivity index (χ0n) is 14.1. The molecule has 5 nitrogen and oxygen atoms in total. The number of esters is 1. The van der Waals surface area contributed by atoms with E-state index in [1.165, 1.54) is 0 Å². The molecule has 1 aliphatic heterocycles. The molecule has 0 atom stereocenters. The van der Waals surface area contributed by atoms with Crippen molar-refractivity contribution in [1.29, 1.82) is 0 Å². The van der Waals surface area contributed by atoms with Crippen molar-refractivity contribution in [2.75, 3.05) is 19.8 Å². The van der Waals surface area contributed by atoms with E-state index < -0.39 is 5.97 Å². The first-order valence-electron chi connectivity index (χ1n) is 7.97. The maximum Gasteiger partial charge on any atom is 0.344 e. The van der Waals surface area contributed by atoms with E-state index in [9.17, 15) is 4.79 Å². The van der Waals surface area contributed by atoms with E-state index >= 15 is 0 Å². The maximum absolute atomic E-state index is 11.9. The highest BCUT2D eigenvalue weighted by Crippen LogP contribution is 2.38. The summed E-state index contributed by atoms with van der Waals surface area (Å²) in [5.41, 5.74) is 2.69. The zero-order chi connectivity index (χ0) is 17.8. The van der Waals surface area contributed by atoms with Gasteiger partial charge in [0.05, 0.1) is 5.02 Å². The molecular formula is C19H19ClO5. The van der Waals surface area contributed by atoms with Gasteiger partial charge in [-0.3, -0.25) is 0 Å². The van der Waals surface area contributed by atoms with Crippen LogP contribution >= 0.6 is 11.6 Å². The highest BCUT2D eigenvalue weighted by Gasteiger charge is 2.17. The fraction of sp³-hybridized carbons (Fsp3) is 0.316. The topological polar surface area (TPSA) is 54.0 Å². The van der Waals surface area contributed by atoms with Crippen LogP contribution in [0, 0.1) is 13.8 Å². The number of carbonyl (C=O) groups is 1. The largest absolute Gasteiger partial charge is 0.486 e. The van der Waals surface area contributed by atoms with Crippen LogP contribution in [-0.2, 0) is 16.1 Å². The molecule has 0 aliphatic carbocycles. The number of carbonyl (C=O) groups excluding carboxylic acids is 1. The second kappa shape index (κ2) is 7.66. The Morgan fingerprint density at radius 3 is 2.64 bits per heavy atom. The lowest BCUT2D eigenvalue weighted by Crippen LogP contribution is -2.17. The number of aryl methyl sites for hydroxylation is 2. The lowest BCUT2D eigenvalue weighted by molar-refractivity contribution is -0.147. The smallest absolute Gasteiger partial charge is 0.344 e. The second-order valence-corrected chi connectivity index (χ2v) is 6.18. The molecule has 0 fully saturated rings. The molecule has 0 spiro atoms. The van der Waals surface area contributed by atoms with Gasteiger partial charge in [-0.2, -0.15) is 0 Å². The predicted molar refractivity (Wildman–Crippen MR) is 93.6 cm³/mol. The number of rotatable bonds is 5. The number of hydrogen-bond acceptors (Lipinski definition) is 5. The van der Waals surface area contributed by atoms with E-state index in [-0.39, 0.29) is 13.2 Å². The summed E-state index contributed by atoms with van der Waals surface area (Å²) in [7, 11) is 0. The molecule has 0 amide bonds. The van der Waals surface area contributed by atoms with Crippen molar-refractivity contribution >= 4 is 17.6 Å². The van der Waals surface area contributed by atoms with Crippen molar-refractivity contribution in [3.63, 3.8) is 0 Å². The maximum atomic E-state index is 11.9. The lowest BCUT2D eigenvalue weighted by Gasteiger charge is -2.20. The highest BCUT2D eigenvalue weighted by atomic mass is 35.5. The molecule has 132 valence electrons. The van der Waals surface area contributed by atoms with Gasteiger partial charge in [0.25, 0.3) is 0 Å². The van der Waals surface area contributed by atoms with Gasteiger partial charge >= 0.3 is 5.97 Å². The Morgan fingerprint density at radius 2 is 1.88 bits per heavy atom. The molecule has 0 aromatic heterocycles. The molecule has 0 radical (unpaired) electrons. The van der Waals surface area contributed by atoms with Crippen LogP contribution in [0.3, 0.4) is 0 Å². The molecule has 1 aliphatic rings. The van der Waals surface area contributed by atoms with Crippen LogP contribution in [0.25, 0.3) is 0 Å². The Bertz CT molecular complexity index is 767. The van der Waals surface area contributed by atoms with Gasteiger partial charge in [0.15, 0.2) is 18.1 Å². The van der Waals surface area contributed by atoms with Gasteiger partial charge in [-0.1, -0.05) is 29.8 Å². The summed E-state index contributed by atoms with van der Waals surface area (Å²) in [6.07, 6.45) is 0. The number of ether oxygens (including phenoxy) is 4. The summed E-state index contributed by atoms with van der Waals surface area (Å²) in [5.74, 6) is 1.36. The number of para-hydroxylation sites is 1. The van der Waals surface area contributed by atoms with Gasteiger partial charge in [0, 0.05) is 0 Å². The molecule has 0 unspecified atom stereocenters. The van der Waals surface area contributed by atoms with Crippen LogP contribution < -0.4 is 14.2 Å². The summed E-state index contributed by atoms with van der Waals surface area (Å²) in [6, 6.07) is 9.28. The second-order valence-electron chi connectivity index (χ2n) is 5.77. The van der Waals surface area contributed by atoms with Crippen molar-refractivity contribution in [2.45, 2.75) is 20.5 Å². The Labute approximate surface area is 151 Å². The van der Waals surface area contributed by atoms with Gasteiger partial charge in [0.2, 0.25) is 0 Å². The van der Waals surface area contributed by atoms with E-state index in [4.69, 9.17) is 30.5 Å². The van der Waals surface area contributed by atoms with E-state index in [1.807, 2.05) is 32.0 Å². The summed E-state index contributed by atoms with van der Waals surface area (Å²) < 4.78 is 21.8. The SMILES string of the molecule is Cc1cccc(C)c1OCC(=O)OCc1cc(Cl)c2c(c1)OCCO2. The molecule has 2 aromatic rings. The van der Waals surface area contributed by atoms with Crippen molar-refractivity contribution in [2.24, 2.45) is 0 Å². The average Bonchev–Trinajstić information content (AvgIpc) is 2.59. The molecule has 0 N–H and O–H groups in total. The fourth-order valence-electron chi connectivity index (χ4n) is 2.61. The average molecular weight is 363 g/mol. The fourth-order valence-corrected chi connectivity index (χ4v) is 2.90. The Morgan fingerprint density at radius 1 is 1.16 bits per heavy atom. The summed E-state index contributed by atoms with van der Waals surface area (Å²) in [6.45, 7) is 4.75. The van der Waals surface area contributed by atoms with Crippen LogP contribution in [0.1, 0.15) is 16.7 Å². The zero-order valence-corrected chi connectivity index (χ0v) is 14.9. The lowest BCUT2D eigenvalue weighted by atomic mass is 10.1. The number of hydrogen-bond donors (Lipinski definition) is 0. The molecular weight excluding hydrogens is 344 g/mol. The van der Waals surface area contributed by atoms with Crippen LogP contribution in [-0.4, -0.2) is 25.8 Å². The van der Waals surface area contributed by atoms with E-state index in [1.54, 1.807) is 12.1 Å². The van der Waals surface area contributed by atoms with Crippen LogP contribution in [0.2, 0.25) is 5.02 Å². The molecule has 6 heteroatoms. The van der Waals surface area contributed by atoms with E-state index in [0.29, 0.717) is 35.5 Å². The Kier molecular flexibility index (Phi) is 5.34. The molecule has 0 saturated carbocycles. The minimum absolute atomic E-state index is 0.0886. The standard InChI is InChI=1S/C19H19ClO5/c1-12-4-3-5-13(2)18(12)25-11-17(21)24-10-14-8-15(20)19-16(9-14)22-6-7-23-19/h3-5,8-9H,6-7,10-11H2,1-2H3. The van der Waals surface area contributed by atoms with E-state index in [0.717, 1.165) is 16.7 Å². The Hall–Kier alpha value is -2.40. The van der Waals surface area contributed by atoms with Crippen molar-refractivity contribution in [3.8, 4) is 17.2 Å². The first-order chi connectivity index (χ1) is 12.0. The minimum Gasteiger partial charge on any atom is -0.486 e. The van der Waals surface area contributed by atoms with Gasteiger partial charge < -0.3 is 18.9 Å². The van der Waals surface area contributed by atoms with Gasteiger partial charge in [-0.25, -0.2) is 4.79 Å². The van der Waals surface area contributed by atoms with Crippen LogP contribution in [0.5, 0.6) is 17.2 Å². The minimum atomic E-state index is -0.450. The first-order valence-corrected chi connectivity index (χ1v) is 8.35. The third-order valence-electron chi connectivity index (χ3n) is 3.80. The van der Waals surface area contributed by atoms with Crippen LogP contribution in [0.4, 0.5) is 0 Å². The van der Waals surface area contributed by atoms with Crippen molar-refractivity contribution in [1.82, 2.24) is 0 Å². The van der Waals surface area contributed by atoms with Crippen molar-refractivity contribution in [3.05, 3.63) is 52.0 Å². The Balaban J connectivity index is 1.57. The first kappa shape index (κ1) is 17.4. The molecule has 0 bridgehead atoms. The van der Waals surface area contributed by atoms with Crippen LogP contribution in [0.15, 0.2) is 30.3 Å². The summed E-state index contributed by atoms with van der Waals surface area (Å²) in [4.78, 5) is 11.9. The van der Waals surface area contributed by atoms with Gasteiger partial charge in [-0.15, -0.1) is 0 Å². The molecule has 2 aromatic carbocycles. The van der Waals surface area contributed by atoms with E-state index in [2.05, 4.69) is 0 Å². The van der Waals surface area contributed by atoms with Gasteiger partial charge in [0.1, 0.15) is 25.6 Å². The van der Waals surface area contributed by atoms with Gasteiger partial charge in [-0.05, 0) is 42.7 Å². The summed E-state index contributed by atoms with van der Waals surface area (Å²) >= 11 is 6.17. The number of halogens is 1. The number of benzene rings is 2. The highest BCUT2D eigenvalue weighted by molar-refractivity contribution is 6.32. The predicted octanol–water partition coefficient (Wildman–Crippen LogP) is 3.85. The normalized spacial score (nSPS) is 12.6. The molecule has 0 saturated heterocycles. The summed E-state index contributed by atoms with van der Waals surface area (Å²) in [5, 5.41) is 0.440. The molecule has 1 heterocycles. The quantitative estimate of drug-likeness (QED) is 0.756. The van der Waals surface area contributed by atoms with Crippen molar-refractivity contribution < 1.29 is 23.7 Å². The third kappa shape index (κ3) is 4.17. The third-order valence-corrected chi connectivity index (χ3v) is 4.08.